The van der Waals surface area contributed by atoms with Crippen LogP contribution in [0.2, 0.25) is 0 Å². The Morgan fingerprint density at radius 2 is 0.340 bits per heavy atom. The van der Waals surface area contributed by atoms with Crippen LogP contribution in [0.25, 0.3) is 156 Å². The van der Waals surface area contributed by atoms with E-state index in [1.54, 1.807) is 7.05 Å². The lowest BCUT2D eigenvalue weighted by Gasteiger charge is -2.25. The second kappa shape index (κ2) is 47.6. The van der Waals surface area contributed by atoms with Crippen molar-refractivity contribution < 1.29 is 14.8 Å². The van der Waals surface area contributed by atoms with Crippen LogP contribution in [-0.2, 0) is 4.79 Å². The van der Waals surface area contributed by atoms with Crippen LogP contribution in [0.4, 0.5) is 0 Å². The number of hydrogen-bond acceptors (Lipinski definition) is 5. The van der Waals surface area contributed by atoms with Gasteiger partial charge < -0.3 is 15.8 Å². The average molecular weight is 2010 g/mol. The Hall–Kier alpha value is -12.5. The van der Waals surface area contributed by atoms with Gasteiger partial charge in [-0.1, -0.05) is 397 Å². The first-order valence-corrected chi connectivity index (χ1v) is 57.0. The molecule has 15 aromatic rings. The van der Waals surface area contributed by atoms with E-state index in [-0.39, 0.29) is 100 Å². The second-order valence-electron chi connectivity index (χ2n) is 47.5. The maximum absolute atomic E-state index is 17.9. The molecule has 0 saturated heterocycles. The highest BCUT2D eigenvalue weighted by molar-refractivity contribution is 7.97. The molecule has 0 heterocycles. The summed E-state index contributed by atoms with van der Waals surface area (Å²) in [7, 11) is 1.61. The number of rotatable bonds is 36. The highest BCUT2D eigenvalue weighted by Crippen LogP contribution is 2.54. The highest BCUT2D eigenvalue weighted by atomic mass is 32.2. The molecule has 2 amide bonds. The lowest BCUT2D eigenvalue weighted by Crippen LogP contribution is -2.47. The van der Waals surface area contributed by atoms with Crippen LogP contribution < -0.4 is 15.5 Å². The molecule has 0 saturated carbocycles. The topological polar surface area (TPSA) is 90.5 Å². The summed E-state index contributed by atoms with van der Waals surface area (Å²) in [5.74, 6) is 2.19. The van der Waals surface area contributed by atoms with E-state index >= 15 is 9.59 Å². The normalized spacial score (nSPS) is 12.3. The molecule has 15 rings (SSSR count). The van der Waals surface area contributed by atoms with Gasteiger partial charge >= 0.3 is 0 Å². The van der Waals surface area contributed by atoms with E-state index in [0.29, 0.717) is 16.7 Å². The van der Waals surface area contributed by atoms with Gasteiger partial charge in [-0.15, -0.1) is 4.89 Å². The fourth-order valence-electron chi connectivity index (χ4n) is 23.6. The predicted octanol–water partition coefficient (Wildman–Crippen LogP) is 41.5. The summed E-state index contributed by atoms with van der Waals surface area (Å²) in [5, 5.41) is 17.0. The number of benzene rings is 15. The van der Waals surface area contributed by atoms with Crippen LogP contribution in [0.3, 0.4) is 0 Å². The molecule has 0 radical (unpaired) electrons. The van der Waals surface area contributed by atoms with Crippen molar-refractivity contribution in [2.75, 3.05) is 12.8 Å². The monoisotopic (exact) mass is 2010 g/mol. The van der Waals surface area contributed by atoms with Crippen molar-refractivity contribution in [1.82, 2.24) is 15.5 Å². The molecule has 778 valence electrons. The molecule has 0 fully saturated rings. The fourth-order valence-corrected chi connectivity index (χ4v) is 24.1. The maximum atomic E-state index is 17.9. The Morgan fingerprint density at radius 3 is 0.480 bits per heavy atom. The van der Waals surface area contributed by atoms with Gasteiger partial charge in [-0.2, -0.15) is 0 Å². The van der Waals surface area contributed by atoms with Crippen molar-refractivity contribution in [1.29, 1.82) is 0 Å². The molecule has 1 atom stereocenters. The van der Waals surface area contributed by atoms with Crippen LogP contribution in [0.15, 0.2) is 273 Å². The number of likely N-dealkylation sites (N-methyl/N-ethyl adjacent to an activating group) is 1. The Bertz CT molecular complexity index is 6120. The van der Waals surface area contributed by atoms with E-state index in [0.717, 1.165) is 112 Å². The first kappa shape index (κ1) is 112. The number of amides is 2. The summed E-state index contributed by atoms with van der Waals surface area (Å²) in [6.45, 7) is 74.7. The van der Waals surface area contributed by atoms with Gasteiger partial charge in [0, 0.05) is 12.8 Å². The summed E-state index contributed by atoms with van der Waals surface area (Å²) < 4.78 is 0. The SMILES string of the molecule is CNC(=O)[C@H](CSNO)NC(=O)c1c(-c2cc(-c3cc(-c4c(C(C)C)cccc4C(C)C)cc(-c4c(C(C)C)cccc4C(C)C)c3)cc(-c3cc(-c4c(C(C)C)cccc4C(C)C)cc(-c4c(C(C)C)cccc4C(C)C)c3)c2)cccc1-c1cc(-c2cc(-c3c(C(C)C)cccc3C(C)C)cc(-c3c(C(C)C)cccc3C(C)C)c2)cc(-c2cc(-c3c(C(C)C)cccc3C(C)C)cc(-c3c(C(C)C)cccc3C(C)C)c2)c1. The summed E-state index contributed by atoms with van der Waals surface area (Å²) in [6, 6.07) is 105. The molecule has 150 heavy (non-hydrogen) atoms. The number of nitrogens with one attached hydrogen (secondary N) is 3. The molecule has 4 N–H and O–H groups in total. The Morgan fingerprint density at radius 1 is 0.207 bits per heavy atom. The van der Waals surface area contributed by atoms with Crippen LogP contribution in [0.1, 0.15) is 416 Å². The third-order valence-electron chi connectivity index (χ3n) is 31.3. The molecule has 0 bridgehead atoms. The van der Waals surface area contributed by atoms with E-state index in [2.05, 4.69) is 510 Å². The summed E-state index contributed by atoms with van der Waals surface area (Å²) >= 11 is 0.959. The van der Waals surface area contributed by atoms with Crippen molar-refractivity contribution in [3.05, 3.63) is 368 Å². The molecule has 7 heteroatoms. The maximum Gasteiger partial charge on any atom is 0.253 e. The molecule has 0 aromatic heterocycles. The van der Waals surface area contributed by atoms with Gasteiger partial charge in [0.25, 0.3) is 5.91 Å². The quantitative estimate of drug-likeness (QED) is 0.0232. The minimum atomic E-state index is -1.13. The summed E-state index contributed by atoms with van der Waals surface area (Å²) in [4.78, 5) is 35.2. The van der Waals surface area contributed by atoms with Gasteiger partial charge in [0.2, 0.25) is 5.91 Å². The molecule has 0 spiro atoms. The molecule has 0 unspecified atom stereocenters. The van der Waals surface area contributed by atoms with Gasteiger partial charge in [-0.05, 0) is 449 Å². The van der Waals surface area contributed by atoms with Crippen LogP contribution in [0.5, 0.6) is 0 Å². The molecular formula is C143H167N3O3S. The van der Waals surface area contributed by atoms with Crippen molar-refractivity contribution in [3.63, 3.8) is 0 Å². The molecule has 0 aliphatic carbocycles. The van der Waals surface area contributed by atoms with Crippen molar-refractivity contribution in [2.24, 2.45) is 0 Å². The van der Waals surface area contributed by atoms with Gasteiger partial charge in [-0.25, -0.2) is 0 Å². The van der Waals surface area contributed by atoms with Crippen molar-refractivity contribution in [3.8, 4) is 156 Å². The molecule has 0 aliphatic heterocycles. The fraction of sp³-hybridized carbons (Fsp3) is 0.357. The minimum Gasteiger partial charge on any atom is -0.357 e. The van der Waals surface area contributed by atoms with Gasteiger partial charge in [0.1, 0.15) is 6.04 Å². The zero-order valence-corrected chi connectivity index (χ0v) is 97.0. The smallest absolute Gasteiger partial charge is 0.253 e. The zero-order valence-electron chi connectivity index (χ0n) is 96.2. The van der Waals surface area contributed by atoms with Crippen molar-refractivity contribution in [2.45, 2.75) is 322 Å². The first-order valence-electron chi connectivity index (χ1n) is 56.0. The largest absolute Gasteiger partial charge is 0.357 e. The Labute approximate surface area is 906 Å². The lowest BCUT2D eigenvalue weighted by atomic mass is 9.79. The van der Waals surface area contributed by atoms with Crippen LogP contribution >= 0.6 is 11.9 Å². The van der Waals surface area contributed by atoms with E-state index in [1.807, 2.05) is 0 Å². The minimum absolute atomic E-state index is 0.00490. The molecule has 6 nitrogen and oxygen atoms in total. The molecule has 0 aliphatic rings. The zero-order chi connectivity index (χ0) is 108. The van der Waals surface area contributed by atoms with E-state index < -0.39 is 17.9 Å². The highest BCUT2D eigenvalue weighted by Gasteiger charge is 2.33. The number of carbonyl (C=O) groups is 2. The van der Waals surface area contributed by atoms with Gasteiger partial charge in [-0.3, -0.25) is 9.59 Å². The first-order chi connectivity index (χ1) is 71.4. The number of hydrogen-bond donors (Lipinski definition) is 4. The predicted molar refractivity (Wildman–Crippen MR) is 651 cm³/mol. The van der Waals surface area contributed by atoms with Gasteiger partial charge in [0.05, 0.1) is 5.56 Å². The van der Waals surface area contributed by atoms with Crippen molar-refractivity contribution >= 4 is 23.8 Å². The standard InChI is InChI=1S/C143H167N3O3S/c1-80(2)114-43-34-44-115(81(3)4)133(114)106-67-100(68-107(75-106)134-116(82(5)6)45-35-46-117(134)83(7)8)96-61-97(101-69-108(135-118(84(9)10)47-36-48-119(135)85(11)12)76-109(70-101)136-120(86(13)14)49-37-50-121(136)87(15)16)64-104(63-96)130-59-42-60-131(141(130)143(148)145-132(79-150-146-149)142(147)144-33)105-65-98(102-71-110(137-122(88(17)18)51-38-52-123(137)89(19)20)77-111(72-102)138-124(90(21)22)53-39-54-125(138)91(23)24)62-99(66-105)103-73-112(139-126(92(25)26)55-40-56-127(139)93(27)28)78-113(74-103)140-128(94(29)30)57-41-58-129(140)95(31)32/h34-78,80-95,132,146,149H,79H2,1-33H3,(H,144,147)(H,145,148)/t132-/m0/s1. The van der Waals surface area contributed by atoms with Crippen LogP contribution in [-0.4, -0.2) is 35.9 Å². The lowest BCUT2D eigenvalue weighted by molar-refractivity contribution is -0.121. The van der Waals surface area contributed by atoms with Gasteiger partial charge in [0.15, 0.2) is 0 Å². The average Bonchev–Trinajstić information content (AvgIpc) is 0.744. The van der Waals surface area contributed by atoms with E-state index in [9.17, 15) is 5.21 Å². The number of carbonyl (C=O) groups excluding carboxylic acids is 2. The Kier molecular flexibility index (Phi) is 35.4. The summed E-state index contributed by atoms with van der Waals surface area (Å²) in [6.07, 6.45) is 0. The second-order valence-corrected chi connectivity index (χ2v) is 48.3. The molecule has 15 aromatic carbocycles. The van der Waals surface area contributed by atoms with E-state index in [1.165, 1.54) is 134 Å². The van der Waals surface area contributed by atoms with E-state index in [4.69, 9.17) is 0 Å². The Balaban J connectivity index is 1.18. The summed E-state index contributed by atoms with van der Waals surface area (Å²) in [5.41, 5.74) is 51.1. The van der Waals surface area contributed by atoms with Crippen LogP contribution in [0, 0.1) is 0 Å². The third kappa shape index (κ3) is 23.4. The third-order valence-corrected chi connectivity index (χ3v) is 31.9. The molecular weight excluding hydrogens is 1840 g/mol.